The maximum atomic E-state index is 13.0. The van der Waals surface area contributed by atoms with Crippen LogP contribution in [0, 0.1) is 0 Å². The lowest BCUT2D eigenvalue weighted by Gasteiger charge is -2.25. The van der Waals surface area contributed by atoms with Gasteiger partial charge in [0.05, 0.1) is 15.9 Å². The van der Waals surface area contributed by atoms with Crippen LogP contribution in [0.4, 0.5) is 0 Å². The summed E-state index contributed by atoms with van der Waals surface area (Å²) in [5.74, 6) is 0.914. The lowest BCUT2D eigenvalue weighted by molar-refractivity contribution is 0.0981. The molecule has 4 aromatic carbocycles. The average molecular weight is 566 g/mol. The number of sulfonamides is 1. The summed E-state index contributed by atoms with van der Waals surface area (Å²) >= 11 is 0. The Labute approximate surface area is 239 Å². The highest BCUT2D eigenvalue weighted by atomic mass is 32.2. The van der Waals surface area contributed by atoms with Gasteiger partial charge in [0.25, 0.3) is 15.9 Å². The summed E-state index contributed by atoms with van der Waals surface area (Å²) in [4.78, 5) is 18.0. The van der Waals surface area contributed by atoms with Crippen LogP contribution in [0.1, 0.15) is 54.1 Å². The number of carbonyl (C=O) groups is 1. The van der Waals surface area contributed by atoms with Gasteiger partial charge in [0.2, 0.25) is 0 Å². The van der Waals surface area contributed by atoms with E-state index in [9.17, 15) is 13.2 Å². The molecule has 1 amide bonds. The van der Waals surface area contributed by atoms with Crippen molar-refractivity contribution in [1.29, 1.82) is 0 Å². The van der Waals surface area contributed by atoms with Crippen LogP contribution in [-0.4, -0.2) is 23.9 Å². The largest absolute Gasteiger partial charge is 0.489 e. The molecule has 6 rings (SSSR count). The van der Waals surface area contributed by atoms with E-state index < -0.39 is 15.9 Å². The molecular formula is C33H31N3O4S. The summed E-state index contributed by atoms with van der Waals surface area (Å²) in [5.41, 5.74) is 3.88. The number of nitrogens with zero attached hydrogens (tertiary/aromatic N) is 2. The number of hydrogen-bond donors (Lipinski definition) is 1. The van der Waals surface area contributed by atoms with Gasteiger partial charge >= 0.3 is 0 Å². The highest BCUT2D eigenvalue weighted by molar-refractivity contribution is 7.90. The minimum Gasteiger partial charge on any atom is -0.489 e. The molecule has 0 spiro atoms. The molecule has 7 nitrogen and oxygen atoms in total. The van der Waals surface area contributed by atoms with Crippen LogP contribution in [0.2, 0.25) is 0 Å². The van der Waals surface area contributed by atoms with Crippen LogP contribution in [0.15, 0.2) is 108 Å². The second-order valence-corrected chi connectivity index (χ2v) is 12.0. The van der Waals surface area contributed by atoms with E-state index in [4.69, 9.17) is 9.72 Å². The van der Waals surface area contributed by atoms with Crippen molar-refractivity contribution >= 4 is 27.0 Å². The Morgan fingerprint density at radius 2 is 1.54 bits per heavy atom. The Morgan fingerprint density at radius 1 is 0.854 bits per heavy atom. The summed E-state index contributed by atoms with van der Waals surface area (Å²) in [6, 6.07) is 31.4. The third-order valence-electron chi connectivity index (χ3n) is 7.53. The predicted octanol–water partition coefficient (Wildman–Crippen LogP) is 6.91. The van der Waals surface area contributed by atoms with Gasteiger partial charge < -0.3 is 9.30 Å². The second-order valence-electron chi connectivity index (χ2n) is 10.3. The highest BCUT2D eigenvalue weighted by Gasteiger charge is 2.24. The molecule has 208 valence electrons. The first-order chi connectivity index (χ1) is 20.0. The lowest BCUT2D eigenvalue weighted by atomic mass is 9.95. The van der Waals surface area contributed by atoms with E-state index in [2.05, 4.69) is 9.29 Å². The van der Waals surface area contributed by atoms with Gasteiger partial charge in [-0.05, 0) is 73.0 Å². The number of aromatic nitrogens is 2. The normalized spacial score (nSPS) is 14.1. The van der Waals surface area contributed by atoms with Crippen molar-refractivity contribution in [2.45, 2.75) is 49.6 Å². The molecular weight excluding hydrogens is 534 g/mol. The molecule has 8 heteroatoms. The SMILES string of the molecule is O=C(NS(=O)(=O)c1ccccc1)c1ccc2c(c1)nc(-c1ccc(OCc3ccccc3)cc1)n2C1CCCCC1. The summed E-state index contributed by atoms with van der Waals surface area (Å²) in [6.07, 6.45) is 5.68. The number of carbonyl (C=O) groups excluding carboxylic acids is 1. The quantitative estimate of drug-likeness (QED) is 0.221. The number of nitrogens with one attached hydrogen (secondary N) is 1. The molecule has 1 aliphatic carbocycles. The van der Waals surface area contributed by atoms with Crippen LogP contribution in [0.25, 0.3) is 22.4 Å². The second kappa shape index (κ2) is 11.6. The van der Waals surface area contributed by atoms with Crippen LogP contribution >= 0.6 is 0 Å². The standard InChI is InChI=1S/C33H31N3O4S/c37-33(35-41(38,39)29-14-8-3-9-15-29)26-18-21-31-30(22-26)34-32(36(31)27-12-6-2-7-13-27)25-16-19-28(20-17-25)40-23-24-10-4-1-5-11-24/h1,3-5,8-11,14-22,27H,2,6-7,12-13,23H2,(H,35,37). The zero-order valence-corrected chi connectivity index (χ0v) is 23.4. The fraction of sp³-hybridized carbons (Fsp3) is 0.212. The number of amides is 1. The first-order valence-electron chi connectivity index (χ1n) is 13.9. The van der Waals surface area contributed by atoms with Crippen molar-refractivity contribution in [1.82, 2.24) is 14.3 Å². The van der Waals surface area contributed by atoms with Crippen molar-refractivity contribution in [2.24, 2.45) is 0 Å². The fourth-order valence-electron chi connectivity index (χ4n) is 5.43. The van der Waals surface area contributed by atoms with Crippen molar-refractivity contribution in [3.05, 3.63) is 114 Å². The van der Waals surface area contributed by atoms with E-state index in [-0.39, 0.29) is 10.5 Å². The van der Waals surface area contributed by atoms with Crippen LogP contribution in [-0.2, 0) is 16.6 Å². The van der Waals surface area contributed by atoms with Crippen LogP contribution < -0.4 is 9.46 Å². The number of rotatable bonds is 8. The van der Waals surface area contributed by atoms with Gasteiger partial charge in [-0.2, -0.15) is 0 Å². The topological polar surface area (TPSA) is 90.3 Å². The molecule has 0 saturated heterocycles. The Hall–Kier alpha value is -4.43. The molecule has 1 aromatic heterocycles. The van der Waals surface area contributed by atoms with Crippen LogP contribution in [0.5, 0.6) is 5.75 Å². The Kier molecular flexibility index (Phi) is 7.57. The van der Waals surface area contributed by atoms with E-state index in [1.807, 2.05) is 60.7 Å². The van der Waals surface area contributed by atoms with Gasteiger partial charge in [0, 0.05) is 17.2 Å². The first kappa shape index (κ1) is 26.8. The summed E-state index contributed by atoms with van der Waals surface area (Å²) in [7, 11) is -3.99. The predicted molar refractivity (Wildman–Crippen MR) is 159 cm³/mol. The van der Waals surface area contributed by atoms with E-state index in [0.29, 0.717) is 18.2 Å². The van der Waals surface area contributed by atoms with Gasteiger partial charge in [0.1, 0.15) is 18.2 Å². The minimum atomic E-state index is -3.99. The van der Waals surface area contributed by atoms with Gasteiger partial charge in [-0.1, -0.05) is 67.8 Å². The molecule has 1 heterocycles. The molecule has 1 aliphatic rings. The van der Waals surface area contributed by atoms with Gasteiger partial charge in [-0.3, -0.25) is 4.79 Å². The Balaban J connectivity index is 1.30. The third kappa shape index (κ3) is 5.88. The molecule has 0 bridgehead atoms. The van der Waals surface area contributed by atoms with Crippen molar-refractivity contribution in [3.8, 4) is 17.1 Å². The fourth-order valence-corrected chi connectivity index (χ4v) is 6.43. The van der Waals surface area contributed by atoms with Crippen molar-refractivity contribution in [3.63, 3.8) is 0 Å². The molecule has 41 heavy (non-hydrogen) atoms. The maximum Gasteiger partial charge on any atom is 0.265 e. The number of ether oxygens (including phenoxy) is 1. The number of imidazole rings is 1. The van der Waals surface area contributed by atoms with Gasteiger partial charge in [-0.15, -0.1) is 0 Å². The molecule has 5 aromatic rings. The lowest BCUT2D eigenvalue weighted by Crippen LogP contribution is -2.30. The zero-order chi connectivity index (χ0) is 28.2. The smallest absolute Gasteiger partial charge is 0.265 e. The van der Waals surface area contributed by atoms with E-state index in [1.54, 1.807) is 30.3 Å². The van der Waals surface area contributed by atoms with E-state index in [1.165, 1.54) is 18.6 Å². The average Bonchev–Trinajstić information content (AvgIpc) is 3.40. The van der Waals surface area contributed by atoms with E-state index >= 15 is 0 Å². The van der Waals surface area contributed by atoms with E-state index in [0.717, 1.165) is 53.9 Å². The molecule has 1 saturated carbocycles. The monoisotopic (exact) mass is 565 g/mol. The molecule has 0 radical (unpaired) electrons. The van der Waals surface area contributed by atoms with Crippen molar-refractivity contribution in [2.75, 3.05) is 0 Å². The maximum absolute atomic E-state index is 13.0. The molecule has 1 fully saturated rings. The zero-order valence-electron chi connectivity index (χ0n) is 22.6. The number of benzene rings is 4. The first-order valence-corrected chi connectivity index (χ1v) is 15.4. The number of fused-ring (bicyclic) bond motifs is 1. The summed E-state index contributed by atoms with van der Waals surface area (Å²) < 4.78 is 35.9. The highest BCUT2D eigenvalue weighted by Crippen LogP contribution is 2.36. The Bertz CT molecular complexity index is 1760. The van der Waals surface area contributed by atoms with Gasteiger partial charge in [0.15, 0.2) is 0 Å². The summed E-state index contributed by atoms with van der Waals surface area (Å²) in [6.45, 7) is 0.492. The molecule has 1 N–H and O–H groups in total. The van der Waals surface area contributed by atoms with Crippen molar-refractivity contribution < 1.29 is 17.9 Å². The third-order valence-corrected chi connectivity index (χ3v) is 8.88. The van der Waals surface area contributed by atoms with Crippen LogP contribution in [0.3, 0.4) is 0 Å². The summed E-state index contributed by atoms with van der Waals surface area (Å²) in [5, 5.41) is 0. The number of hydrogen-bond acceptors (Lipinski definition) is 5. The molecule has 0 unspecified atom stereocenters. The minimum absolute atomic E-state index is 0.0366. The Morgan fingerprint density at radius 3 is 2.24 bits per heavy atom. The molecule has 0 aliphatic heterocycles. The molecule has 0 atom stereocenters. The van der Waals surface area contributed by atoms with Gasteiger partial charge in [-0.25, -0.2) is 18.1 Å².